The minimum atomic E-state index is -0.112. The molecule has 2 aliphatic rings. The number of aromatic nitrogens is 1. The summed E-state index contributed by atoms with van der Waals surface area (Å²) in [6.07, 6.45) is 2.80. The van der Waals surface area contributed by atoms with Crippen LogP contribution >= 0.6 is 0 Å². The summed E-state index contributed by atoms with van der Waals surface area (Å²) in [5.74, 6) is 0.770. The number of carbonyl (C=O) groups is 1. The zero-order valence-electron chi connectivity index (χ0n) is 17.2. The third-order valence-electron chi connectivity index (χ3n) is 5.61. The van der Waals surface area contributed by atoms with Crippen molar-refractivity contribution in [3.8, 4) is 0 Å². The Morgan fingerprint density at radius 1 is 1.13 bits per heavy atom. The highest BCUT2D eigenvalue weighted by molar-refractivity contribution is 6.04. The SMILES string of the molecule is O=C(Nc1ccc(CNc2ccnc3c2C2OCCCN2CN3)cc1)c1ccccc1. The van der Waals surface area contributed by atoms with Gasteiger partial charge in [0.2, 0.25) is 0 Å². The summed E-state index contributed by atoms with van der Waals surface area (Å²) < 4.78 is 6.06. The van der Waals surface area contributed by atoms with Gasteiger partial charge >= 0.3 is 0 Å². The number of nitrogens with one attached hydrogen (secondary N) is 3. The molecule has 7 nitrogen and oxygen atoms in total. The highest BCUT2D eigenvalue weighted by Gasteiger charge is 2.33. The van der Waals surface area contributed by atoms with Crippen molar-refractivity contribution in [2.45, 2.75) is 19.2 Å². The maximum atomic E-state index is 12.3. The molecule has 7 heteroatoms. The van der Waals surface area contributed by atoms with Crippen LogP contribution in [0, 0.1) is 0 Å². The molecule has 3 heterocycles. The molecule has 158 valence electrons. The maximum absolute atomic E-state index is 12.3. The molecule has 0 saturated carbocycles. The Morgan fingerprint density at radius 3 is 2.81 bits per heavy atom. The zero-order chi connectivity index (χ0) is 21.0. The molecule has 1 saturated heterocycles. The fourth-order valence-electron chi connectivity index (χ4n) is 4.00. The van der Waals surface area contributed by atoms with E-state index in [0.717, 1.165) is 54.6 Å². The van der Waals surface area contributed by atoms with Gasteiger partial charge in [-0.1, -0.05) is 30.3 Å². The van der Waals surface area contributed by atoms with Gasteiger partial charge in [0, 0.05) is 36.2 Å². The second-order valence-electron chi connectivity index (χ2n) is 7.72. The largest absolute Gasteiger partial charge is 0.380 e. The van der Waals surface area contributed by atoms with Crippen LogP contribution < -0.4 is 16.0 Å². The number of rotatable bonds is 5. The Morgan fingerprint density at radius 2 is 1.97 bits per heavy atom. The van der Waals surface area contributed by atoms with Gasteiger partial charge in [0.15, 0.2) is 0 Å². The van der Waals surface area contributed by atoms with E-state index in [1.807, 2.05) is 54.7 Å². The maximum Gasteiger partial charge on any atom is 0.255 e. The molecule has 1 atom stereocenters. The third-order valence-corrected chi connectivity index (χ3v) is 5.61. The van der Waals surface area contributed by atoms with Crippen molar-refractivity contribution in [1.82, 2.24) is 9.88 Å². The van der Waals surface area contributed by atoms with E-state index in [-0.39, 0.29) is 12.1 Å². The average molecular weight is 415 g/mol. The molecule has 0 aliphatic carbocycles. The number of benzene rings is 2. The molecule has 0 radical (unpaired) electrons. The van der Waals surface area contributed by atoms with Gasteiger partial charge in [-0.15, -0.1) is 0 Å². The zero-order valence-corrected chi connectivity index (χ0v) is 17.2. The molecular formula is C24H25N5O2. The summed E-state index contributed by atoms with van der Waals surface area (Å²) in [6, 6.07) is 19.1. The predicted octanol–water partition coefficient (Wildman–Crippen LogP) is 4.05. The van der Waals surface area contributed by atoms with Gasteiger partial charge in [0.25, 0.3) is 5.91 Å². The normalized spacial score (nSPS) is 17.7. The molecule has 0 spiro atoms. The average Bonchev–Trinajstić information content (AvgIpc) is 2.84. The molecule has 1 aromatic heterocycles. The number of amides is 1. The molecule has 3 N–H and O–H groups in total. The van der Waals surface area contributed by atoms with Gasteiger partial charge in [0.05, 0.1) is 18.8 Å². The van der Waals surface area contributed by atoms with Crippen molar-refractivity contribution in [3.63, 3.8) is 0 Å². The van der Waals surface area contributed by atoms with Crippen molar-refractivity contribution in [2.24, 2.45) is 0 Å². The van der Waals surface area contributed by atoms with Gasteiger partial charge in [0.1, 0.15) is 12.0 Å². The highest BCUT2D eigenvalue weighted by atomic mass is 16.5. The van der Waals surface area contributed by atoms with Gasteiger partial charge < -0.3 is 20.7 Å². The minimum absolute atomic E-state index is 0.0585. The highest BCUT2D eigenvalue weighted by Crippen LogP contribution is 2.38. The molecule has 2 aliphatic heterocycles. The molecule has 1 fully saturated rings. The Labute approximate surface area is 181 Å². The van der Waals surface area contributed by atoms with E-state index < -0.39 is 0 Å². The lowest BCUT2D eigenvalue weighted by Crippen LogP contribution is -2.43. The predicted molar refractivity (Wildman–Crippen MR) is 121 cm³/mol. The third kappa shape index (κ3) is 4.23. The van der Waals surface area contributed by atoms with E-state index in [2.05, 4.69) is 25.8 Å². The van der Waals surface area contributed by atoms with Crippen LogP contribution in [0.25, 0.3) is 0 Å². The van der Waals surface area contributed by atoms with Crippen molar-refractivity contribution in [1.29, 1.82) is 0 Å². The first-order valence-corrected chi connectivity index (χ1v) is 10.6. The molecule has 0 bridgehead atoms. The Bertz CT molecular complexity index is 1060. The molecule has 1 unspecified atom stereocenters. The first kappa shape index (κ1) is 19.5. The van der Waals surface area contributed by atoms with E-state index >= 15 is 0 Å². The van der Waals surface area contributed by atoms with E-state index in [0.29, 0.717) is 12.1 Å². The van der Waals surface area contributed by atoms with Crippen molar-refractivity contribution in [3.05, 3.63) is 83.6 Å². The summed E-state index contributed by atoms with van der Waals surface area (Å²) in [5, 5.41) is 9.86. The van der Waals surface area contributed by atoms with Gasteiger partial charge in [-0.05, 0) is 42.3 Å². The van der Waals surface area contributed by atoms with Crippen molar-refractivity contribution >= 4 is 23.1 Å². The summed E-state index contributed by atoms with van der Waals surface area (Å²) in [4.78, 5) is 19.1. The standard InChI is InChI=1S/C24H25N5O2/c30-23(18-5-2-1-3-6-18)28-19-9-7-17(8-10-19)15-26-20-11-12-25-22-21(20)24-29(16-27-22)13-4-14-31-24/h1-3,5-12,24H,4,13-16H2,(H,28,30)(H2,25,26,27). The van der Waals surface area contributed by atoms with Crippen LogP contribution in [-0.2, 0) is 11.3 Å². The van der Waals surface area contributed by atoms with E-state index in [1.165, 1.54) is 0 Å². The number of fused-ring (bicyclic) bond motifs is 3. The van der Waals surface area contributed by atoms with Gasteiger partial charge in [-0.2, -0.15) is 0 Å². The molecule has 1 amide bonds. The molecule has 3 aromatic rings. The molecular weight excluding hydrogens is 390 g/mol. The number of nitrogens with zero attached hydrogens (tertiary/aromatic N) is 2. The first-order valence-electron chi connectivity index (χ1n) is 10.6. The lowest BCUT2D eigenvalue weighted by molar-refractivity contribution is -0.0979. The fraction of sp³-hybridized carbons (Fsp3) is 0.250. The number of hydrogen-bond donors (Lipinski definition) is 3. The van der Waals surface area contributed by atoms with Crippen LogP contribution in [0.4, 0.5) is 17.2 Å². The van der Waals surface area contributed by atoms with Gasteiger partial charge in [-0.3, -0.25) is 9.69 Å². The Kier molecular flexibility index (Phi) is 5.52. The Balaban J connectivity index is 1.25. The number of pyridine rings is 1. The first-order chi connectivity index (χ1) is 15.3. The van der Waals surface area contributed by atoms with Gasteiger partial charge in [-0.25, -0.2) is 4.98 Å². The summed E-state index contributed by atoms with van der Waals surface area (Å²) in [5.41, 5.74) is 4.63. The number of carbonyl (C=O) groups excluding carboxylic acids is 1. The topological polar surface area (TPSA) is 78.5 Å². The molecule has 5 rings (SSSR count). The lowest BCUT2D eigenvalue weighted by Gasteiger charge is -2.40. The molecule has 31 heavy (non-hydrogen) atoms. The number of ether oxygens (including phenoxy) is 1. The van der Waals surface area contributed by atoms with E-state index in [9.17, 15) is 4.79 Å². The number of anilines is 3. The van der Waals surface area contributed by atoms with Crippen LogP contribution in [-0.4, -0.2) is 35.6 Å². The number of hydrogen-bond acceptors (Lipinski definition) is 6. The van der Waals surface area contributed by atoms with Crippen LogP contribution in [0.1, 0.15) is 34.1 Å². The summed E-state index contributed by atoms with van der Waals surface area (Å²) in [6.45, 7) is 3.20. The van der Waals surface area contributed by atoms with Crippen LogP contribution in [0.5, 0.6) is 0 Å². The quantitative estimate of drug-likeness (QED) is 0.584. The monoisotopic (exact) mass is 415 g/mol. The Hall–Kier alpha value is -3.42. The van der Waals surface area contributed by atoms with Crippen molar-refractivity contribution in [2.75, 3.05) is 35.8 Å². The smallest absolute Gasteiger partial charge is 0.255 e. The summed E-state index contributed by atoms with van der Waals surface area (Å²) >= 11 is 0. The second-order valence-corrected chi connectivity index (χ2v) is 7.72. The summed E-state index contributed by atoms with van der Waals surface area (Å²) in [7, 11) is 0. The van der Waals surface area contributed by atoms with Crippen molar-refractivity contribution < 1.29 is 9.53 Å². The van der Waals surface area contributed by atoms with Crippen LogP contribution in [0.15, 0.2) is 66.9 Å². The van der Waals surface area contributed by atoms with Crippen LogP contribution in [0.3, 0.4) is 0 Å². The van der Waals surface area contributed by atoms with E-state index in [1.54, 1.807) is 12.1 Å². The van der Waals surface area contributed by atoms with Crippen LogP contribution in [0.2, 0.25) is 0 Å². The minimum Gasteiger partial charge on any atom is -0.380 e. The molecule has 2 aromatic carbocycles. The fourth-order valence-corrected chi connectivity index (χ4v) is 4.00. The second kappa shape index (κ2) is 8.75. The van der Waals surface area contributed by atoms with E-state index in [4.69, 9.17) is 4.74 Å². The lowest BCUT2D eigenvalue weighted by atomic mass is 10.1.